The van der Waals surface area contributed by atoms with Gasteiger partial charge >= 0.3 is 0 Å². The van der Waals surface area contributed by atoms with Crippen molar-refractivity contribution in [1.29, 1.82) is 0 Å². The zero-order valence-electron chi connectivity index (χ0n) is 13.2. The molecule has 1 heterocycles. The Morgan fingerprint density at radius 1 is 0.880 bits per heavy atom. The average Bonchev–Trinajstić information content (AvgIpc) is 3.13. The third-order valence-electron chi connectivity index (χ3n) is 3.90. The van der Waals surface area contributed by atoms with E-state index in [1.165, 1.54) is 12.1 Å². The van der Waals surface area contributed by atoms with Crippen molar-refractivity contribution < 1.29 is 25.5 Å². The van der Waals surface area contributed by atoms with E-state index in [1.54, 1.807) is 12.3 Å². The van der Waals surface area contributed by atoms with Gasteiger partial charge in [0, 0.05) is 50.5 Å². The van der Waals surface area contributed by atoms with Crippen molar-refractivity contribution in [3.8, 4) is 28.2 Å². The van der Waals surface area contributed by atoms with Crippen LogP contribution in [0.25, 0.3) is 28.2 Å². The Bertz CT molecular complexity index is 963. The van der Waals surface area contributed by atoms with Crippen molar-refractivity contribution >= 4 is 0 Å². The van der Waals surface area contributed by atoms with Gasteiger partial charge in [-0.25, -0.2) is 0 Å². The van der Waals surface area contributed by atoms with Gasteiger partial charge in [-0.1, -0.05) is 48.5 Å². The van der Waals surface area contributed by atoms with E-state index in [9.17, 15) is 4.39 Å². The molecule has 0 aliphatic heterocycles. The summed E-state index contributed by atoms with van der Waals surface area (Å²) in [6.45, 7) is 0. The van der Waals surface area contributed by atoms with Crippen LogP contribution in [0, 0.1) is 11.9 Å². The monoisotopic (exact) mass is 508 g/mol. The van der Waals surface area contributed by atoms with Crippen molar-refractivity contribution in [2.24, 2.45) is 0 Å². The van der Waals surface area contributed by atoms with Crippen molar-refractivity contribution in [3.05, 3.63) is 97.1 Å². The Morgan fingerprint density at radius 3 is 2.40 bits per heavy atom. The molecule has 0 unspecified atom stereocenters. The van der Waals surface area contributed by atoms with Crippen molar-refractivity contribution in [1.82, 2.24) is 9.55 Å². The van der Waals surface area contributed by atoms with Crippen LogP contribution in [-0.2, 0) is 21.1 Å². The molecule has 0 aliphatic rings. The first-order valence-corrected chi connectivity index (χ1v) is 7.69. The predicted octanol–water partition coefficient (Wildman–Crippen LogP) is 5.14. The summed E-state index contributed by atoms with van der Waals surface area (Å²) < 4.78 is 15.2. The van der Waals surface area contributed by atoms with Crippen molar-refractivity contribution in [2.75, 3.05) is 0 Å². The number of nitrogens with zero attached hydrogens (tertiary/aromatic N) is 2. The van der Waals surface area contributed by atoms with Crippen LogP contribution in [0.3, 0.4) is 0 Å². The van der Waals surface area contributed by atoms with Gasteiger partial charge in [0.25, 0.3) is 0 Å². The quantitative estimate of drug-likeness (QED) is 0.351. The Balaban J connectivity index is 0.00000182. The van der Waals surface area contributed by atoms with Gasteiger partial charge in [0.2, 0.25) is 0 Å². The molecule has 0 radical (unpaired) electrons. The molecule has 0 saturated heterocycles. The Hall–Kier alpha value is -2.51. The molecule has 1 aromatic heterocycles. The summed E-state index contributed by atoms with van der Waals surface area (Å²) in [6, 6.07) is 25.8. The zero-order chi connectivity index (χ0) is 16.4. The van der Waals surface area contributed by atoms with Gasteiger partial charge in [-0.15, -0.1) is 29.8 Å². The van der Waals surface area contributed by atoms with Gasteiger partial charge in [0.1, 0.15) is 0 Å². The van der Waals surface area contributed by atoms with Gasteiger partial charge in [-0.2, -0.15) is 0 Å². The largest absolute Gasteiger partial charge is 0.339 e. The van der Waals surface area contributed by atoms with E-state index in [0.29, 0.717) is 0 Å². The van der Waals surface area contributed by atoms with E-state index in [-0.39, 0.29) is 26.9 Å². The van der Waals surface area contributed by atoms with E-state index in [2.05, 4.69) is 35.3 Å². The molecule has 0 saturated carbocycles. The van der Waals surface area contributed by atoms with Gasteiger partial charge in [0.15, 0.2) is 0 Å². The van der Waals surface area contributed by atoms with Crippen molar-refractivity contribution in [3.63, 3.8) is 0 Å². The molecule has 0 amide bonds. The second-order valence-electron chi connectivity index (χ2n) is 5.42. The van der Waals surface area contributed by atoms with Crippen LogP contribution < -0.4 is 0 Å². The molecule has 0 atom stereocenters. The first-order valence-electron chi connectivity index (χ1n) is 7.69. The molecule has 126 valence electrons. The SMILES string of the molecule is Fc1c[c-]c(-c2nccn2-c2ccccc2-c2ccccc2)cc1.[Pt]. The summed E-state index contributed by atoms with van der Waals surface area (Å²) in [5.74, 6) is 0.430. The Kier molecular flexibility index (Phi) is 5.25. The maximum absolute atomic E-state index is 13.2. The minimum absolute atomic E-state index is 0. The van der Waals surface area contributed by atoms with Crippen LogP contribution in [0.1, 0.15) is 0 Å². The molecule has 2 nitrogen and oxygen atoms in total. The molecular weight excluding hydrogens is 494 g/mol. The standard InChI is InChI=1S/C21H14FN2.Pt/c22-18-12-10-17(11-13-18)21-23-14-15-24(21)20-9-5-4-8-19(20)16-6-2-1-3-7-16;/h1-10,12-15H;/q-1;. The third-order valence-corrected chi connectivity index (χ3v) is 3.90. The number of hydrogen-bond acceptors (Lipinski definition) is 1. The smallest absolute Gasteiger partial charge is 0.0602 e. The number of para-hydroxylation sites is 1. The van der Waals surface area contributed by atoms with E-state index in [1.807, 2.05) is 41.1 Å². The van der Waals surface area contributed by atoms with Gasteiger partial charge < -0.3 is 4.57 Å². The maximum Gasteiger partial charge on any atom is 0.0602 e. The van der Waals surface area contributed by atoms with Crippen molar-refractivity contribution in [2.45, 2.75) is 0 Å². The molecule has 0 aliphatic carbocycles. The van der Waals surface area contributed by atoms with Gasteiger partial charge in [0.05, 0.1) is 5.82 Å². The fraction of sp³-hybridized carbons (Fsp3) is 0. The second kappa shape index (κ2) is 7.58. The molecule has 0 spiro atoms. The summed E-state index contributed by atoms with van der Waals surface area (Å²) in [7, 11) is 0. The third kappa shape index (κ3) is 3.47. The summed E-state index contributed by atoms with van der Waals surface area (Å²) >= 11 is 0. The summed E-state index contributed by atoms with van der Waals surface area (Å²) in [4.78, 5) is 4.44. The topological polar surface area (TPSA) is 17.8 Å². The van der Waals surface area contributed by atoms with Crippen LogP contribution in [0.5, 0.6) is 0 Å². The molecule has 3 aromatic carbocycles. The number of aromatic nitrogens is 2. The van der Waals surface area contributed by atoms with E-state index in [0.717, 1.165) is 28.2 Å². The first-order chi connectivity index (χ1) is 11.8. The maximum atomic E-state index is 13.2. The normalized spacial score (nSPS) is 10.3. The van der Waals surface area contributed by atoms with Crippen LogP contribution in [-0.4, -0.2) is 9.55 Å². The molecule has 25 heavy (non-hydrogen) atoms. The van der Waals surface area contributed by atoms with E-state index < -0.39 is 0 Å². The van der Waals surface area contributed by atoms with E-state index in [4.69, 9.17) is 0 Å². The molecule has 0 bridgehead atoms. The van der Waals surface area contributed by atoms with Crippen LogP contribution in [0.2, 0.25) is 0 Å². The van der Waals surface area contributed by atoms with Crippen LogP contribution in [0.4, 0.5) is 4.39 Å². The number of imidazole rings is 1. The summed E-state index contributed by atoms with van der Waals surface area (Å²) in [6.07, 6.45) is 3.66. The summed E-state index contributed by atoms with van der Waals surface area (Å²) in [5.41, 5.74) is 4.02. The number of rotatable bonds is 3. The van der Waals surface area contributed by atoms with Gasteiger partial charge in [-0.05, 0) is 11.6 Å². The number of benzene rings is 3. The average molecular weight is 508 g/mol. The van der Waals surface area contributed by atoms with Crippen LogP contribution in [0.15, 0.2) is 85.2 Å². The molecular formula is C21H14FN2Pt-. The predicted molar refractivity (Wildman–Crippen MR) is 93.2 cm³/mol. The molecule has 0 fully saturated rings. The minimum Gasteiger partial charge on any atom is -0.339 e. The molecule has 0 N–H and O–H groups in total. The first kappa shape index (κ1) is 17.3. The van der Waals surface area contributed by atoms with Crippen LogP contribution >= 0.6 is 0 Å². The molecule has 4 aromatic rings. The van der Waals surface area contributed by atoms with Gasteiger partial charge in [-0.3, -0.25) is 9.37 Å². The number of halogens is 1. The zero-order valence-corrected chi connectivity index (χ0v) is 15.4. The molecule has 4 rings (SSSR count). The van der Waals surface area contributed by atoms with E-state index >= 15 is 0 Å². The fourth-order valence-electron chi connectivity index (χ4n) is 2.79. The molecule has 4 heteroatoms. The summed E-state index contributed by atoms with van der Waals surface area (Å²) in [5, 5.41) is 0. The Morgan fingerprint density at radius 2 is 1.64 bits per heavy atom. The number of hydrogen-bond donors (Lipinski definition) is 0. The second-order valence-corrected chi connectivity index (χ2v) is 5.42. The fourth-order valence-corrected chi connectivity index (χ4v) is 2.79. The Labute approximate surface area is 160 Å². The minimum atomic E-state index is -0.304.